The summed E-state index contributed by atoms with van der Waals surface area (Å²) in [6, 6.07) is 34.0. The van der Waals surface area contributed by atoms with Crippen molar-refractivity contribution >= 4 is 23.2 Å². The van der Waals surface area contributed by atoms with Gasteiger partial charge >= 0.3 is 190 Å². The minimum atomic E-state index is -2.04. The van der Waals surface area contributed by atoms with Crippen molar-refractivity contribution in [2.24, 2.45) is 0 Å². The molecule has 1 nitrogen and oxygen atoms in total. The second-order valence-electron chi connectivity index (χ2n) is 9.19. The van der Waals surface area contributed by atoms with E-state index in [4.69, 9.17) is 4.74 Å². The summed E-state index contributed by atoms with van der Waals surface area (Å²) in [6.07, 6.45) is 12.9. The first-order valence-corrected chi connectivity index (χ1v) is 15.3. The molecule has 0 unspecified atom stereocenters. The molecule has 0 bridgehead atoms. The van der Waals surface area contributed by atoms with E-state index in [2.05, 4.69) is 97.9 Å². The molecule has 0 aliphatic heterocycles. The van der Waals surface area contributed by atoms with Gasteiger partial charge in [-0.3, -0.25) is 0 Å². The molecule has 0 amide bonds. The van der Waals surface area contributed by atoms with Crippen molar-refractivity contribution in [3.8, 4) is 0 Å². The molecule has 0 aliphatic rings. The Morgan fingerprint density at radius 3 is 1.33 bits per heavy atom. The van der Waals surface area contributed by atoms with Gasteiger partial charge in [-0.2, -0.15) is 0 Å². The van der Waals surface area contributed by atoms with Gasteiger partial charge in [-0.1, -0.05) is 13.3 Å². The van der Waals surface area contributed by atoms with Crippen LogP contribution in [0.2, 0.25) is 0 Å². The third-order valence-corrected chi connectivity index (χ3v) is 11.8. The van der Waals surface area contributed by atoms with Gasteiger partial charge < -0.3 is 0 Å². The molecule has 0 heterocycles. The Morgan fingerprint density at radius 2 is 0.879 bits per heavy atom. The fourth-order valence-corrected chi connectivity index (χ4v) is 9.86. The Kier molecular flexibility index (Phi) is 11.7. The Balaban J connectivity index is 1.59. The maximum absolute atomic E-state index is 5.69. The van der Waals surface area contributed by atoms with E-state index in [1.165, 1.54) is 79.9 Å². The summed E-state index contributed by atoms with van der Waals surface area (Å²) >= 11 is 0. The molecule has 0 saturated carbocycles. The van der Waals surface area contributed by atoms with Gasteiger partial charge in [-0.15, -0.1) is 0 Å². The van der Waals surface area contributed by atoms with Crippen LogP contribution in [0, 0.1) is 0 Å². The number of hydrogen-bond acceptors (Lipinski definition) is 1. The SMILES string of the molecule is CCCCOCCCCCCCCC[PH](c1ccccc1)(c1ccccc1)c1ccccc1. The van der Waals surface area contributed by atoms with Crippen LogP contribution in [0.25, 0.3) is 0 Å². The van der Waals surface area contributed by atoms with Crippen molar-refractivity contribution < 1.29 is 4.74 Å². The Labute approximate surface area is 202 Å². The van der Waals surface area contributed by atoms with Crippen molar-refractivity contribution in [2.75, 3.05) is 19.4 Å². The van der Waals surface area contributed by atoms with Crippen LogP contribution in [0.3, 0.4) is 0 Å². The molecule has 0 fully saturated rings. The van der Waals surface area contributed by atoms with E-state index in [0.717, 1.165) is 13.2 Å². The Bertz CT molecular complexity index is 767. The van der Waals surface area contributed by atoms with Crippen molar-refractivity contribution in [3.63, 3.8) is 0 Å². The average Bonchev–Trinajstić information content (AvgIpc) is 2.89. The van der Waals surface area contributed by atoms with Crippen LogP contribution in [0.1, 0.15) is 64.7 Å². The molecule has 0 radical (unpaired) electrons. The van der Waals surface area contributed by atoms with Gasteiger partial charge in [-0.25, -0.2) is 0 Å². The predicted molar refractivity (Wildman–Crippen MR) is 149 cm³/mol. The number of unbranched alkanes of at least 4 members (excludes halogenated alkanes) is 7. The summed E-state index contributed by atoms with van der Waals surface area (Å²) in [7, 11) is -2.04. The molecule has 33 heavy (non-hydrogen) atoms. The van der Waals surface area contributed by atoms with Crippen LogP contribution in [-0.2, 0) is 4.74 Å². The molecule has 3 aromatic rings. The summed E-state index contributed by atoms with van der Waals surface area (Å²) < 4.78 is 5.69. The fourth-order valence-electron chi connectivity index (χ4n) is 4.93. The second kappa shape index (κ2) is 15.0. The van der Waals surface area contributed by atoms with E-state index in [1.54, 1.807) is 0 Å². The van der Waals surface area contributed by atoms with Crippen LogP contribution in [0.5, 0.6) is 0 Å². The fraction of sp³-hybridized carbons (Fsp3) is 0.419. The van der Waals surface area contributed by atoms with Crippen molar-refractivity contribution in [2.45, 2.75) is 64.7 Å². The second-order valence-corrected chi connectivity index (χ2v) is 13.2. The monoisotopic (exact) mass is 462 g/mol. The zero-order valence-corrected chi connectivity index (χ0v) is 21.6. The molecule has 0 spiro atoms. The zero-order valence-electron chi connectivity index (χ0n) is 20.6. The molecule has 0 saturated heterocycles. The van der Waals surface area contributed by atoms with Gasteiger partial charge in [0.25, 0.3) is 0 Å². The van der Waals surface area contributed by atoms with Crippen LogP contribution in [0.4, 0.5) is 0 Å². The standard InChI is InChI=1S/C31H43OP/c1-2-3-26-32-27-18-7-5-4-6-8-19-28-33(29-20-12-9-13-21-29,30-22-14-10-15-23-30)31-24-16-11-17-25-31/h9-17,20-25,33H,2-8,18-19,26-28H2,1H3. The molecule has 0 aliphatic carbocycles. The number of ether oxygens (including phenoxy) is 1. The Hall–Kier alpha value is -1.95. The first-order chi connectivity index (χ1) is 16.4. The van der Waals surface area contributed by atoms with E-state index in [0.29, 0.717) is 0 Å². The third-order valence-electron chi connectivity index (χ3n) is 6.78. The summed E-state index contributed by atoms with van der Waals surface area (Å²) in [6.45, 7) is 4.10. The summed E-state index contributed by atoms with van der Waals surface area (Å²) in [5, 5.41) is 4.60. The van der Waals surface area contributed by atoms with Crippen molar-refractivity contribution in [3.05, 3.63) is 91.0 Å². The first-order valence-electron chi connectivity index (χ1n) is 13.1. The third kappa shape index (κ3) is 7.80. The molecule has 2 heteroatoms. The first kappa shape index (κ1) is 25.7. The molecule has 0 atom stereocenters. The number of rotatable bonds is 16. The zero-order chi connectivity index (χ0) is 23.0. The predicted octanol–water partition coefficient (Wildman–Crippen LogP) is 7.26. The minimum absolute atomic E-state index is 0.937. The van der Waals surface area contributed by atoms with Crippen molar-refractivity contribution in [1.29, 1.82) is 0 Å². The topological polar surface area (TPSA) is 9.23 Å². The molecule has 0 aromatic heterocycles. The van der Waals surface area contributed by atoms with Crippen molar-refractivity contribution in [1.82, 2.24) is 0 Å². The van der Waals surface area contributed by atoms with Gasteiger partial charge in [0.15, 0.2) is 0 Å². The summed E-state index contributed by atoms with van der Waals surface area (Å²) in [5.41, 5.74) is 0. The van der Waals surface area contributed by atoms with E-state index in [1.807, 2.05) is 0 Å². The molecule has 178 valence electrons. The quantitative estimate of drug-likeness (QED) is 0.161. The molecule has 3 rings (SSSR count). The van der Waals surface area contributed by atoms with Crippen LogP contribution in [0.15, 0.2) is 91.0 Å². The van der Waals surface area contributed by atoms with E-state index in [-0.39, 0.29) is 0 Å². The molecular formula is C31H43OP. The van der Waals surface area contributed by atoms with E-state index in [9.17, 15) is 0 Å². The molecule has 0 N–H and O–H groups in total. The van der Waals surface area contributed by atoms with E-state index < -0.39 is 7.26 Å². The van der Waals surface area contributed by atoms with E-state index >= 15 is 0 Å². The van der Waals surface area contributed by atoms with Gasteiger partial charge in [0, 0.05) is 0 Å². The maximum atomic E-state index is 5.69. The van der Waals surface area contributed by atoms with Gasteiger partial charge in [-0.05, 0) is 0 Å². The summed E-state index contributed by atoms with van der Waals surface area (Å²) in [5.74, 6) is 0. The van der Waals surface area contributed by atoms with Gasteiger partial charge in [0.2, 0.25) is 0 Å². The van der Waals surface area contributed by atoms with Gasteiger partial charge in [0.05, 0.1) is 0 Å². The normalized spacial score (nSPS) is 12.0. The average molecular weight is 463 g/mol. The molecule has 3 aromatic carbocycles. The van der Waals surface area contributed by atoms with Gasteiger partial charge in [0.1, 0.15) is 0 Å². The summed E-state index contributed by atoms with van der Waals surface area (Å²) in [4.78, 5) is 0. The van der Waals surface area contributed by atoms with Crippen LogP contribution >= 0.6 is 7.26 Å². The molecular weight excluding hydrogens is 419 g/mol. The number of benzene rings is 3. The van der Waals surface area contributed by atoms with Crippen LogP contribution in [-0.4, -0.2) is 19.4 Å². The van der Waals surface area contributed by atoms with Crippen LogP contribution < -0.4 is 15.9 Å². The Morgan fingerprint density at radius 1 is 0.485 bits per heavy atom. The number of hydrogen-bond donors (Lipinski definition) is 0.